The van der Waals surface area contributed by atoms with E-state index in [1.807, 2.05) is 38.1 Å². The van der Waals surface area contributed by atoms with Gasteiger partial charge in [0.1, 0.15) is 0 Å². The summed E-state index contributed by atoms with van der Waals surface area (Å²) in [6.45, 7) is 5.15. The smallest absolute Gasteiger partial charge is 0.0761 e. The zero-order valence-corrected chi connectivity index (χ0v) is 11.8. The summed E-state index contributed by atoms with van der Waals surface area (Å²) in [7, 11) is 0. The molecule has 1 N–H and O–H groups in total. The highest BCUT2D eigenvalue weighted by Crippen LogP contribution is 2.24. The van der Waals surface area contributed by atoms with Crippen LogP contribution in [0.15, 0.2) is 30.5 Å². The Morgan fingerprint density at radius 2 is 2.16 bits per heavy atom. The van der Waals surface area contributed by atoms with E-state index in [1.54, 1.807) is 6.20 Å². The molecule has 3 nitrogen and oxygen atoms in total. The second kappa shape index (κ2) is 5.56. The highest BCUT2D eigenvalue weighted by atomic mass is 35.5. The Morgan fingerprint density at radius 1 is 1.37 bits per heavy atom. The molecule has 2 rings (SSSR count). The van der Waals surface area contributed by atoms with E-state index >= 15 is 0 Å². The number of halogens is 1. The van der Waals surface area contributed by atoms with Crippen LogP contribution in [-0.4, -0.2) is 11.5 Å². The van der Waals surface area contributed by atoms with Crippen LogP contribution in [-0.2, 0) is 6.54 Å². The van der Waals surface area contributed by atoms with Crippen LogP contribution in [0.5, 0.6) is 0 Å². The van der Waals surface area contributed by atoms with Gasteiger partial charge in [-0.2, -0.15) is 5.26 Å². The number of nitrogens with one attached hydrogen (secondary N) is 1. The Kier molecular flexibility index (Phi) is 4.04. The lowest BCUT2D eigenvalue weighted by Crippen LogP contribution is -2.27. The van der Waals surface area contributed by atoms with Crippen LogP contribution < -0.4 is 5.32 Å². The molecule has 0 aliphatic carbocycles. The van der Waals surface area contributed by atoms with Gasteiger partial charge in [-0.25, -0.2) is 0 Å². The first-order chi connectivity index (χ1) is 9.03. The zero-order valence-electron chi connectivity index (χ0n) is 11.1. The number of hydrogen-bond donors (Lipinski definition) is 1. The summed E-state index contributed by atoms with van der Waals surface area (Å²) >= 11 is 6.15. The summed E-state index contributed by atoms with van der Waals surface area (Å²) in [6.07, 6.45) is 1.77. The number of nitrogens with zero attached hydrogens (tertiary/aromatic N) is 2. The largest absolute Gasteiger partial charge is 0.311 e. The second-order valence-electron chi connectivity index (χ2n) is 5.21. The SMILES string of the molecule is CC(C)(C#N)CNCc1ccc(Cl)c2cccnc12. The maximum Gasteiger partial charge on any atom is 0.0761 e. The van der Waals surface area contributed by atoms with Crippen LogP contribution in [0.4, 0.5) is 0 Å². The van der Waals surface area contributed by atoms with Gasteiger partial charge in [0.25, 0.3) is 0 Å². The average molecular weight is 274 g/mol. The summed E-state index contributed by atoms with van der Waals surface area (Å²) in [5, 5.41) is 14.0. The molecule has 19 heavy (non-hydrogen) atoms. The number of hydrogen-bond acceptors (Lipinski definition) is 3. The summed E-state index contributed by atoms with van der Waals surface area (Å²) in [5.41, 5.74) is 1.64. The third-order valence-electron chi connectivity index (χ3n) is 2.99. The number of rotatable bonds is 4. The van der Waals surface area contributed by atoms with Gasteiger partial charge in [0.15, 0.2) is 0 Å². The molecule has 0 fully saturated rings. The molecule has 0 atom stereocenters. The van der Waals surface area contributed by atoms with Crippen molar-refractivity contribution in [1.29, 1.82) is 5.26 Å². The monoisotopic (exact) mass is 273 g/mol. The van der Waals surface area contributed by atoms with E-state index in [4.69, 9.17) is 16.9 Å². The fourth-order valence-electron chi connectivity index (χ4n) is 1.89. The van der Waals surface area contributed by atoms with Gasteiger partial charge in [0.05, 0.1) is 17.0 Å². The molecule has 0 aliphatic rings. The molecule has 1 heterocycles. The predicted molar refractivity (Wildman–Crippen MR) is 77.9 cm³/mol. The highest BCUT2D eigenvalue weighted by molar-refractivity contribution is 6.35. The minimum Gasteiger partial charge on any atom is -0.311 e. The molecule has 4 heteroatoms. The van der Waals surface area contributed by atoms with E-state index in [0.29, 0.717) is 18.1 Å². The van der Waals surface area contributed by atoms with Gasteiger partial charge in [-0.1, -0.05) is 17.7 Å². The molecule has 2 aromatic rings. The molecule has 1 aromatic heterocycles. The third-order valence-corrected chi connectivity index (χ3v) is 3.31. The van der Waals surface area contributed by atoms with Crippen molar-refractivity contribution in [2.24, 2.45) is 5.41 Å². The lowest BCUT2D eigenvalue weighted by atomic mass is 9.96. The predicted octanol–water partition coefficient (Wildman–Crippen LogP) is 3.53. The molecule has 0 bridgehead atoms. The Hall–Kier alpha value is -1.63. The molecular weight excluding hydrogens is 258 g/mol. The maximum atomic E-state index is 8.98. The van der Waals surface area contributed by atoms with E-state index in [1.165, 1.54) is 0 Å². The van der Waals surface area contributed by atoms with Crippen LogP contribution in [0.25, 0.3) is 10.9 Å². The molecule has 0 spiro atoms. The van der Waals surface area contributed by atoms with E-state index in [0.717, 1.165) is 16.5 Å². The second-order valence-corrected chi connectivity index (χ2v) is 5.61. The van der Waals surface area contributed by atoms with Crippen molar-refractivity contribution in [3.63, 3.8) is 0 Å². The minimum absolute atomic E-state index is 0.365. The van der Waals surface area contributed by atoms with E-state index < -0.39 is 0 Å². The molecule has 1 aromatic carbocycles. The average Bonchev–Trinajstić information content (AvgIpc) is 2.42. The topological polar surface area (TPSA) is 48.7 Å². The number of fused-ring (bicyclic) bond motifs is 1. The number of nitriles is 1. The van der Waals surface area contributed by atoms with Crippen molar-refractivity contribution in [1.82, 2.24) is 10.3 Å². The third kappa shape index (κ3) is 3.23. The van der Waals surface area contributed by atoms with Crippen molar-refractivity contribution >= 4 is 22.5 Å². The zero-order chi connectivity index (χ0) is 13.9. The molecular formula is C15H16ClN3. The molecule has 98 valence electrons. The normalized spacial score (nSPS) is 11.5. The van der Waals surface area contributed by atoms with Crippen molar-refractivity contribution < 1.29 is 0 Å². The van der Waals surface area contributed by atoms with Gasteiger partial charge in [-0.3, -0.25) is 4.98 Å². The Labute approximate surface area is 118 Å². The number of benzene rings is 1. The Morgan fingerprint density at radius 3 is 2.89 bits per heavy atom. The van der Waals surface area contributed by atoms with Crippen molar-refractivity contribution in [3.05, 3.63) is 41.0 Å². The summed E-state index contributed by atoms with van der Waals surface area (Å²) < 4.78 is 0. The van der Waals surface area contributed by atoms with E-state index in [9.17, 15) is 0 Å². The molecule has 0 radical (unpaired) electrons. The Balaban J connectivity index is 2.18. The first kappa shape index (κ1) is 13.8. The maximum absolute atomic E-state index is 8.98. The Bertz CT molecular complexity index is 629. The fourth-order valence-corrected chi connectivity index (χ4v) is 2.10. The van der Waals surface area contributed by atoms with Gasteiger partial charge in [0.2, 0.25) is 0 Å². The van der Waals surface area contributed by atoms with Crippen molar-refractivity contribution in [2.75, 3.05) is 6.54 Å². The van der Waals surface area contributed by atoms with Crippen LogP contribution >= 0.6 is 11.6 Å². The first-order valence-corrected chi connectivity index (χ1v) is 6.55. The van der Waals surface area contributed by atoms with Gasteiger partial charge >= 0.3 is 0 Å². The minimum atomic E-state index is -0.365. The summed E-state index contributed by atoms with van der Waals surface area (Å²) in [4.78, 5) is 4.39. The lowest BCUT2D eigenvalue weighted by molar-refractivity contribution is 0.445. The van der Waals surface area contributed by atoms with Crippen molar-refractivity contribution in [3.8, 4) is 6.07 Å². The first-order valence-electron chi connectivity index (χ1n) is 6.17. The van der Waals surface area contributed by atoms with Crippen LogP contribution in [0.2, 0.25) is 5.02 Å². The van der Waals surface area contributed by atoms with Crippen LogP contribution in [0, 0.1) is 16.7 Å². The fraction of sp³-hybridized carbons (Fsp3) is 0.333. The molecule has 0 saturated heterocycles. The number of pyridine rings is 1. The van der Waals surface area contributed by atoms with Crippen molar-refractivity contribution in [2.45, 2.75) is 20.4 Å². The standard InChI is InChI=1S/C15H16ClN3/c1-15(2,9-17)10-18-8-11-5-6-13(16)12-4-3-7-19-14(11)12/h3-7,18H,8,10H2,1-2H3. The lowest BCUT2D eigenvalue weighted by Gasteiger charge is -2.16. The highest BCUT2D eigenvalue weighted by Gasteiger charge is 2.15. The molecule has 0 unspecified atom stereocenters. The quantitative estimate of drug-likeness (QED) is 0.927. The van der Waals surface area contributed by atoms with E-state index in [-0.39, 0.29) is 5.41 Å². The summed E-state index contributed by atoms with van der Waals surface area (Å²) in [6, 6.07) is 9.98. The molecule has 0 saturated carbocycles. The van der Waals surface area contributed by atoms with Gasteiger partial charge in [-0.15, -0.1) is 0 Å². The van der Waals surface area contributed by atoms with Gasteiger partial charge in [0, 0.05) is 29.7 Å². The van der Waals surface area contributed by atoms with Gasteiger partial charge < -0.3 is 5.32 Å². The van der Waals surface area contributed by atoms with Gasteiger partial charge in [-0.05, 0) is 37.6 Å². The number of aromatic nitrogens is 1. The molecule has 0 aliphatic heterocycles. The molecule has 0 amide bonds. The summed E-state index contributed by atoms with van der Waals surface area (Å²) in [5.74, 6) is 0. The van der Waals surface area contributed by atoms with E-state index in [2.05, 4.69) is 16.4 Å². The van der Waals surface area contributed by atoms with Crippen LogP contribution in [0.1, 0.15) is 19.4 Å². The van der Waals surface area contributed by atoms with Crippen LogP contribution in [0.3, 0.4) is 0 Å².